The molecule has 1 aliphatic rings. The van der Waals surface area contributed by atoms with Crippen LogP contribution in [0, 0.1) is 11.8 Å². The fourth-order valence-corrected chi connectivity index (χ4v) is 3.02. The van der Waals surface area contributed by atoms with Crippen LogP contribution >= 0.6 is 11.6 Å². The van der Waals surface area contributed by atoms with Crippen LogP contribution in [0.5, 0.6) is 0 Å². The minimum Gasteiger partial charge on any atom is -0.382 e. The third-order valence-electron chi connectivity index (χ3n) is 3.87. The third-order valence-corrected chi connectivity index (χ3v) is 4.12. The molecular formula is C15H22ClN. The highest BCUT2D eigenvalue weighted by Gasteiger charge is 2.27. The van der Waals surface area contributed by atoms with Crippen molar-refractivity contribution in [3.05, 3.63) is 29.3 Å². The van der Waals surface area contributed by atoms with Crippen molar-refractivity contribution in [3.8, 4) is 0 Å². The predicted octanol–water partition coefficient (Wildman–Crippen LogP) is 4.97. The van der Waals surface area contributed by atoms with E-state index in [0.717, 1.165) is 16.9 Å². The summed E-state index contributed by atoms with van der Waals surface area (Å²) in [5, 5.41) is 4.49. The highest BCUT2D eigenvalue weighted by molar-refractivity contribution is 6.30. The van der Waals surface area contributed by atoms with E-state index in [9.17, 15) is 0 Å². The molecule has 0 spiro atoms. The van der Waals surface area contributed by atoms with Gasteiger partial charge in [-0.2, -0.15) is 0 Å². The van der Waals surface area contributed by atoms with Crippen LogP contribution in [-0.4, -0.2) is 6.04 Å². The van der Waals surface area contributed by atoms with Gasteiger partial charge >= 0.3 is 0 Å². The zero-order valence-corrected chi connectivity index (χ0v) is 11.5. The lowest BCUT2D eigenvalue weighted by Gasteiger charge is -2.35. The molecule has 2 rings (SSSR count). The van der Waals surface area contributed by atoms with Crippen molar-refractivity contribution in [1.82, 2.24) is 0 Å². The molecule has 1 nitrogen and oxygen atoms in total. The van der Waals surface area contributed by atoms with Crippen molar-refractivity contribution in [1.29, 1.82) is 0 Å². The van der Waals surface area contributed by atoms with Crippen LogP contribution in [-0.2, 0) is 0 Å². The topological polar surface area (TPSA) is 12.0 Å². The fraction of sp³-hybridized carbons (Fsp3) is 0.600. The van der Waals surface area contributed by atoms with Gasteiger partial charge < -0.3 is 5.32 Å². The number of halogens is 1. The summed E-state index contributed by atoms with van der Waals surface area (Å²) < 4.78 is 0. The molecule has 1 saturated carbocycles. The Bertz CT molecular complexity index is 344. The van der Waals surface area contributed by atoms with Gasteiger partial charge in [-0.1, -0.05) is 38.3 Å². The van der Waals surface area contributed by atoms with Crippen molar-refractivity contribution in [2.75, 3.05) is 5.32 Å². The van der Waals surface area contributed by atoms with Crippen LogP contribution < -0.4 is 5.32 Å². The minimum atomic E-state index is 0.630. The van der Waals surface area contributed by atoms with E-state index in [0.29, 0.717) is 6.04 Å². The molecule has 2 unspecified atom stereocenters. The average Bonchev–Trinajstić information content (AvgIpc) is 2.32. The quantitative estimate of drug-likeness (QED) is 0.800. The maximum Gasteiger partial charge on any atom is 0.0407 e. The molecule has 17 heavy (non-hydrogen) atoms. The first-order chi connectivity index (χ1) is 8.16. The van der Waals surface area contributed by atoms with Crippen LogP contribution in [0.25, 0.3) is 0 Å². The SMILES string of the molecule is CC(C)C1CCCCC1Nc1ccc(Cl)cc1. The van der Waals surface area contributed by atoms with E-state index >= 15 is 0 Å². The van der Waals surface area contributed by atoms with Gasteiger partial charge in [-0.15, -0.1) is 0 Å². The smallest absolute Gasteiger partial charge is 0.0407 e. The molecule has 1 aliphatic carbocycles. The van der Waals surface area contributed by atoms with E-state index < -0.39 is 0 Å². The van der Waals surface area contributed by atoms with E-state index in [-0.39, 0.29) is 0 Å². The number of benzene rings is 1. The number of nitrogens with one attached hydrogen (secondary N) is 1. The number of rotatable bonds is 3. The van der Waals surface area contributed by atoms with Gasteiger partial charge in [0.15, 0.2) is 0 Å². The molecule has 94 valence electrons. The molecule has 1 N–H and O–H groups in total. The summed E-state index contributed by atoms with van der Waals surface area (Å²) in [6.45, 7) is 4.68. The summed E-state index contributed by atoms with van der Waals surface area (Å²) >= 11 is 5.91. The first kappa shape index (κ1) is 12.8. The highest BCUT2D eigenvalue weighted by Crippen LogP contribution is 2.32. The van der Waals surface area contributed by atoms with Crippen molar-refractivity contribution in [2.45, 2.75) is 45.6 Å². The summed E-state index contributed by atoms with van der Waals surface area (Å²) in [4.78, 5) is 0. The van der Waals surface area contributed by atoms with Crippen LogP contribution in [0.4, 0.5) is 5.69 Å². The zero-order chi connectivity index (χ0) is 12.3. The van der Waals surface area contributed by atoms with Crippen LogP contribution in [0.15, 0.2) is 24.3 Å². The van der Waals surface area contributed by atoms with E-state index in [1.165, 1.54) is 31.4 Å². The molecule has 2 heteroatoms. The second-order valence-corrected chi connectivity index (χ2v) is 5.89. The first-order valence-corrected chi connectivity index (χ1v) is 7.06. The van der Waals surface area contributed by atoms with Crippen LogP contribution in [0.2, 0.25) is 5.02 Å². The van der Waals surface area contributed by atoms with Gasteiger partial charge in [0.2, 0.25) is 0 Å². The van der Waals surface area contributed by atoms with Gasteiger partial charge in [0.1, 0.15) is 0 Å². The van der Waals surface area contributed by atoms with Gasteiger partial charge in [0, 0.05) is 16.8 Å². The third kappa shape index (κ3) is 3.38. The Morgan fingerprint density at radius 3 is 2.41 bits per heavy atom. The maximum absolute atomic E-state index is 5.91. The van der Waals surface area contributed by atoms with Crippen molar-refractivity contribution in [2.24, 2.45) is 11.8 Å². The Hall–Kier alpha value is -0.690. The summed E-state index contributed by atoms with van der Waals surface area (Å²) in [6.07, 6.45) is 5.41. The average molecular weight is 252 g/mol. The Kier molecular flexibility index (Phi) is 4.33. The Labute approximate surface area is 110 Å². The summed E-state index contributed by atoms with van der Waals surface area (Å²) in [5.41, 5.74) is 1.20. The molecule has 0 bridgehead atoms. The predicted molar refractivity (Wildman–Crippen MR) is 75.7 cm³/mol. The van der Waals surface area contributed by atoms with Crippen molar-refractivity contribution < 1.29 is 0 Å². The highest BCUT2D eigenvalue weighted by atomic mass is 35.5. The zero-order valence-electron chi connectivity index (χ0n) is 10.7. The Morgan fingerprint density at radius 2 is 1.76 bits per heavy atom. The molecule has 2 atom stereocenters. The van der Waals surface area contributed by atoms with Gasteiger partial charge in [-0.05, 0) is 48.9 Å². The molecule has 0 radical (unpaired) electrons. The van der Waals surface area contributed by atoms with Gasteiger partial charge in [-0.3, -0.25) is 0 Å². The second-order valence-electron chi connectivity index (χ2n) is 5.45. The van der Waals surface area contributed by atoms with Crippen molar-refractivity contribution in [3.63, 3.8) is 0 Å². The van der Waals surface area contributed by atoms with E-state index in [1.807, 2.05) is 12.1 Å². The molecular weight excluding hydrogens is 230 g/mol. The Balaban J connectivity index is 2.02. The molecule has 1 fully saturated rings. The molecule has 0 amide bonds. The number of hydrogen-bond acceptors (Lipinski definition) is 1. The number of anilines is 1. The van der Waals surface area contributed by atoms with Gasteiger partial charge in [0.25, 0.3) is 0 Å². The molecule has 1 aromatic carbocycles. The van der Waals surface area contributed by atoms with Crippen LogP contribution in [0.1, 0.15) is 39.5 Å². The van der Waals surface area contributed by atoms with Crippen LogP contribution in [0.3, 0.4) is 0 Å². The largest absolute Gasteiger partial charge is 0.382 e. The standard InChI is InChI=1S/C15H22ClN/c1-11(2)14-5-3-4-6-15(14)17-13-9-7-12(16)8-10-13/h7-11,14-15,17H,3-6H2,1-2H3. The molecule has 1 aromatic rings. The van der Waals surface area contributed by atoms with Gasteiger partial charge in [-0.25, -0.2) is 0 Å². The molecule has 0 heterocycles. The lowest BCUT2D eigenvalue weighted by Crippen LogP contribution is -2.35. The maximum atomic E-state index is 5.91. The fourth-order valence-electron chi connectivity index (χ4n) is 2.90. The normalized spacial score (nSPS) is 24.9. The summed E-state index contributed by atoms with van der Waals surface area (Å²) in [5.74, 6) is 1.57. The molecule has 0 saturated heterocycles. The van der Waals surface area contributed by atoms with Crippen molar-refractivity contribution >= 4 is 17.3 Å². The lowest BCUT2D eigenvalue weighted by atomic mass is 9.78. The first-order valence-electron chi connectivity index (χ1n) is 6.69. The van der Waals surface area contributed by atoms with E-state index in [2.05, 4.69) is 31.3 Å². The summed E-state index contributed by atoms with van der Waals surface area (Å²) in [6, 6.07) is 8.70. The van der Waals surface area contributed by atoms with E-state index in [4.69, 9.17) is 11.6 Å². The van der Waals surface area contributed by atoms with E-state index in [1.54, 1.807) is 0 Å². The molecule has 0 aromatic heterocycles. The molecule has 0 aliphatic heterocycles. The second kappa shape index (κ2) is 5.77. The minimum absolute atomic E-state index is 0.630. The lowest BCUT2D eigenvalue weighted by molar-refractivity contribution is 0.254. The monoisotopic (exact) mass is 251 g/mol. The van der Waals surface area contributed by atoms with Gasteiger partial charge in [0.05, 0.1) is 0 Å². The number of hydrogen-bond donors (Lipinski definition) is 1. The summed E-state index contributed by atoms with van der Waals surface area (Å²) in [7, 11) is 0. The Morgan fingerprint density at radius 1 is 1.12 bits per heavy atom.